The van der Waals surface area contributed by atoms with E-state index in [-0.39, 0.29) is 11.2 Å². The van der Waals surface area contributed by atoms with E-state index in [2.05, 4.69) is 15.0 Å². The molecule has 1 N–H and O–H groups in total. The van der Waals surface area contributed by atoms with Gasteiger partial charge in [-0.25, -0.2) is 9.78 Å². The molecule has 0 aliphatic rings. The molecule has 0 aliphatic heterocycles. The lowest BCUT2D eigenvalue weighted by atomic mass is 10.3. The third-order valence-corrected chi connectivity index (χ3v) is 3.76. The number of H-pyrrole nitrogens is 1. The van der Waals surface area contributed by atoms with Gasteiger partial charge in [0, 0.05) is 31.6 Å². The Morgan fingerprint density at radius 2 is 2.08 bits per heavy atom. The van der Waals surface area contributed by atoms with Crippen LogP contribution < -0.4 is 11.2 Å². The summed E-state index contributed by atoms with van der Waals surface area (Å²) in [5, 5.41) is 0. The highest BCUT2D eigenvalue weighted by Crippen LogP contribution is 2.16. The van der Waals surface area contributed by atoms with Crippen LogP contribution in [0.15, 0.2) is 34.1 Å². The van der Waals surface area contributed by atoms with Crippen LogP contribution in [0.3, 0.4) is 0 Å². The first-order valence-corrected chi connectivity index (χ1v) is 7.80. The van der Waals surface area contributed by atoms with Crippen LogP contribution in [0.5, 0.6) is 0 Å². The van der Waals surface area contributed by atoms with Crippen LogP contribution in [0.2, 0.25) is 0 Å². The first-order chi connectivity index (χ1) is 11.7. The fraction of sp³-hybridized carbons (Fsp3) is 0.375. The van der Waals surface area contributed by atoms with Crippen molar-refractivity contribution in [1.29, 1.82) is 0 Å². The van der Waals surface area contributed by atoms with Crippen molar-refractivity contribution in [3.8, 4) is 11.4 Å². The van der Waals surface area contributed by atoms with Crippen molar-refractivity contribution in [2.24, 2.45) is 0 Å². The van der Waals surface area contributed by atoms with E-state index in [1.807, 2.05) is 13.0 Å². The fourth-order valence-corrected chi connectivity index (χ4v) is 2.61. The van der Waals surface area contributed by atoms with Gasteiger partial charge in [0.05, 0.1) is 13.2 Å². The van der Waals surface area contributed by atoms with Gasteiger partial charge < -0.3 is 9.72 Å². The lowest BCUT2D eigenvalue weighted by Gasteiger charge is -2.09. The van der Waals surface area contributed by atoms with Crippen LogP contribution in [0.1, 0.15) is 13.3 Å². The summed E-state index contributed by atoms with van der Waals surface area (Å²) in [7, 11) is 1.57. The molecule has 3 aromatic heterocycles. The monoisotopic (exact) mass is 329 g/mol. The van der Waals surface area contributed by atoms with Crippen LogP contribution in [-0.2, 0) is 17.8 Å². The number of pyridine rings is 1. The van der Waals surface area contributed by atoms with E-state index in [4.69, 9.17) is 4.74 Å². The molecule has 0 fully saturated rings. The number of imidazole rings is 1. The maximum atomic E-state index is 12.6. The van der Waals surface area contributed by atoms with Crippen LogP contribution in [0.4, 0.5) is 0 Å². The number of hydrogen-bond acceptors (Lipinski definition) is 5. The summed E-state index contributed by atoms with van der Waals surface area (Å²) in [4.78, 5) is 36.8. The second kappa shape index (κ2) is 6.79. The fourth-order valence-electron chi connectivity index (χ4n) is 2.61. The Balaban J connectivity index is 2.27. The molecule has 0 atom stereocenters. The van der Waals surface area contributed by atoms with E-state index in [0.717, 1.165) is 5.56 Å². The molecule has 24 heavy (non-hydrogen) atoms. The smallest absolute Gasteiger partial charge is 0.332 e. The molecule has 0 saturated heterocycles. The molecule has 0 radical (unpaired) electrons. The maximum Gasteiger partial charge on any atom is 0.332 e. The number of hydrogen-bond donors (Lipinski definition) is 1. The molecule has 0 spiro atoms. The van der Waals surface area contributed by atoms with E-state index in [0.29, 0.717) is 43.1 Å². The average molecular weight is 329 g/mol. The zero-order valence-electron chi connectivity index (χ0n) is 13.7. The lowest BCUT2D eigenvalue weighted by molar-refractivity contribution is 0.186. The molecular weight excluding hydrogens is 310 g/mol. The van der Waals surface area contributed by atoms with Gasteiger partial charge in [-0.1, -0.05) is 6.92 Å². The quantitative estimate of drug-likeness (QED) is 0.728. The molecule has 0 aromatic carbocycles. The van der Waals surface area contributed by atoms with Gasteiger partial charge in [-0.05, 0) is 18.6 Å². The molecule has 0 unspecified atom stereocenters. The standard InChI is InChI=1S/C16H19N5O3/c1-3-7-21-15(22)12-14(20(16(21)23)8-9-24-2)19-13(18-12)11-5-4-6-17-10-11/h4-6,10H,3,7-9H2,1-2H3,(H,18,19). The third kappa shape index (κ3) is 2.76. The van der Waals surface area contributed by atoms with Gasteiger partial charge in [-0.15, -0.1) is 0 Å². The summed E-state index contributed by atoms with van der Waals surface area (Å²) < 4.78 is 7.79. The Hall–Kier alpha value is -2.74. The summed E-state index contributed by atoms with van der Waals surface area (Å²) in [6, 6.07) is 3.63. The predicted octanol–water partition coefficient (Wildman–Crippen LogP) is 1.00. The SMILES string of the molecule is CCCn1c(=O)c2[nH]c(-c3cccnc3)nc2n(CCOC)c1=O. The van der Waals surface area contributed by atoms with Crippen molar-refractivity contribution in [2.75, 3.05) is 13.7 Å². The van der Waals surface area contributed by atoms with E-state index >= 15 is 0 Å². The number of aromatic amines is 1. The molecule has 3 heterocycles. The van der Waals surface area contributed by atoms with Gasteiger partial charge in [0.25, 0.3) is 5.56 Å². The zero-order valence-corrected chi connectivity index (χ0v) is 13.7. The summed E-state index contributed by atoms with van der Waals surface area (Å²) in [6.45, 7) is 2.97. The molecular formula is C16H19N5O3. The van der Waals surface area contributed by atoms with E-state index in [1.165, 1.54) is 9.13 Å². The summed E-state index contributed by atoms with van der Waals surface area (Å²) in [5.41, 5.74) is 0.691. The molecule has 8 heteroatoms. The molecule has 0 amide bonds. The van der Waals surface area contributed by atoms with Crippen molar-refractivity contribution < 1.29 is 4.74 Å². The molecule has 0 aliphatic carbocycles. The Kier molecular flexibility index (Phi) is 4.57. The Labute approximate surface area is 137 Å². The minimum atomic E-state index is -0.365. The number of rotatable bonds is 6. The molecule has 8 nitrogen and oxygen atoms in total. The number of nitrogens with zero attached hydrogens (tertiary/aromatic N) is 4. The van der Waals surface area contributed by atoms with E-state index in [9.17, 15) is 9.59 Å². The minimum Gasteiger partial charge on any atom is -0.383 e. The Morgan fingerprint density at radius 1 is 1.25 bits per heavy atom. The first-order valence-electron chi connectivity index (χ1n) is 7.80. The lowest BCUT2D eigenvalue weighted by Crippen LogP contribution is -2.40. The summed E-state index contributed by atoms with van der Waals surface area (Å²) in [5.74, 6) is 0.509. The zero-order chi connectivity index (χ0) is 17.1. The Bertz CT molecular complexity index is 955. The molecule has 3 rings (SSSR count). The average Bonchev–Trinajstić information content (AvgIpc) is 3.05. The maximum absolute atomic E-state index is 12.6. The van der Waals surface area contributed by atoms with Gasteiger partial charge in [0.2, 0.25) is 0 Å². The van der Waals surface area contributed by atoms with Gasteiger partial charge >= 0.3 is 5.69 Å². The number of methoxy groups -OCH3 is 1. The third-order valence-electron chi connectivity index (χ3n) is 3.76. The summed E-state index contributed by atoms with van der Waals surface area (Å²) >= 11 is 0. The van der Waals surface area contributed by atoms with Crippen LogP contribution in [0, 0.1) is 0 Å². The highest BCUT2D eigenvalue weighted by Gasteiger charge is 2.17. The van der Waals surface area contributed by atoms with Crippen LogP contribution in [0.25, 0.3) is 22.6 Å². The topological polar surface area (TPSA) is 94.8 Å². The van der Waals surface area contributed by atoms with E-state index < -0.39 is 0 Å². The molecule has 126 valence electrons. The number of fused-ring (bicyclic) bond motifs is 1. The summed E-state index contributed by atoms with van der Waals surface area (Å²) in [6.07, 6.45) is 4.00. The highest BCUT2D eigenvalue weighted by molar-refractivity contribution is 5.75. The first kappa shape index (κ1) is 16.1. The number of aromatic nitrogens is 5. The minimum absolute atomic E-state index is 0.318. The molecule has 0 saturated carbocycles. The van der Waals surface area contributed by atoms with Crippen molar-refractivity contribution in [2.45, 2.75) is 26.4 Å². The van der Waals surface area contributed by atoms with Gasteiger partial charge in [0.1, 0.15) is 11.3 Å². The number of ether oxygens (including phenoxy) is 1. The van der Waals surface area contributed by atoms with Crippen molar-refractivity contribution in [1.82, 2.24) is 24.1 Å². The van der Waals surface area contributed by atoms with Crippen molar-refractivity contribution in [3.63, 3.8) is 0 Å². The van der Waals surface area contributed by atoms with Crippen molar-refractivity contribution in [3.05, 3.63) is 45.4 Å². The second-order valence-electron chi connectivity index (χ2n) is 5.41. The van der Waals surface area contributed by atoms with Gasteiger partial charge in [0.15, 0.2) is 5.65 Å². The van der Waals surface area contributed by atoms with Crippen LogP contribution >= 0.6 is 0 Å². The van der Waals surface area contributed by atoms with Gasteiger partial charge in [-0.3, -0.25) is 18.9 Å². The molecule has 3 aromatic rings. The number of nitrogens with one attached hydrogen (secondary N) is 1. The second-order valence-corrected chi connectivity index (χ2v) is 5.41. The predicted molar refractivity (Wildman–Crippen MR) is 90.0 cm³/mol. The highest BCUT2D eigenvalue weighted by atomic mass is 16.5. The van der Waals surface area contributed by atoms with Crippen molar-refractivity contribution >= 4 is 11.2 Å². The van der Waals surface area contributed by atoms with Gasteiger partial charge in [-0.2, -0.15) is 0 Å². The Morgan fingerprint density at radius 3 is 2.75 bits per heavy atom. The normalized spacial score (nSPS) is 11.2. The van der Waals surface area contributed by atoms with E-state index in [1.54, 1.807) is 25.6 Å². The van der Waals surface area contributed by atoms with Crippen LogP contribution in [-0.4, -0.2) is 37.8 Å². The largest absolute Gasteiger partial charge is 0.383 e. The molecule has 0 bridgehead atoms.